The summed E-state index contributed by atoms with van der Waals surface area (Å²) < 4.78 is 27.3. The first kappa shape index (κ1) is 14.3. The number of carboxylic acids is 1. The standard InChI is InChI=1S/C8H18N2O4S/c1-6(7(11)12)5-9-15(13,14)10-8(2,3)4/h6,9-10H,5H2,1-4H3,(H,11,12). The molecule has 0 amide bonds. The first-order valence-corrected chi connectivity index (χ1v) is 6.03. The SMILES string of the molecule is CC(CNS(=O)(=O)NC(C)(C)C)C(=O)O. The lowest BCUT2D eigenvalue weighted by Gasteiger charge is -2.20. The average Bonchev–Trinajstić information content (AvgIpc) is 1.95. The van der Waals surface area contributed by atoms with Gasteiger partial charge >= 0.3 is 5.97 Å². The first-order chi connectivity index (χ1) is 6.53. The van der Waals surface area contributed by atoms with Crippen molar-refractivity contribution in [1.82, 2.24) is 9.44 Å². The van der Waals surface area contributed by atoms with Gasteiger partial charge in [0.15, 0.2) is 0 Å². The summed E-state index contributed by atoms with van der Waals surface area (Å²) in [6, 6.07) is 0. The molecule has 15 heavy (non-hydrogen) atoms. The van der Waals surface area contributed by atoms with E-state index in [1.807, 2.05) is 0 Å². The normalized spacial score (nSPS) is 14.9. The van der Waals surface area contributed by atoms with Crippen molar-refractivity contribution in [1.29, 1.82) is 0 Å². The lowest BCUT2D eigenvalue weighted by Crippen LogP contribution is -2.48. The molecule has 0 bridgehead atoms. The summed E-state index contributed by atoms with van der Waals surface area (Å²) in [5, 5.41) is 8.56. The van der Waals surface area contributed by atoms with Crippen LogP contribution in [-0.4, -0.2) is 31.6 Å². The van der Waals surface area contributed by atoms with E-state index in [2.05, 4.69) is 9.44 Å². The Morgan fingerprint density at radius 2 is 1.87 bits per heavy atom. The fraction of sp³-hybridized carbons (Fsp3) is 0.875. The maximum Gasteiger partial charge on any atom is 0.307 e. The van der Waals surface area contributed by atoms with Crippen LogP contribution in [-0.2, 0) is 15.0 Å². The lowest BCUT2D eigenvalue weighted by atomic mass is 10.1. The fourth-order valence-electron chi connectivity index (χ4n) is 0.761. The van der Waals surface area contributed by atoms with Crippen LogP contribution in [0.5, 0.6) is 0 Å². The molecule has 0 aromatic heterocycles. The topological polar surface area (TPSA) is 95.5 Å². The Balaban J connectivity index is 4.24. The van der Waals surface area contributed by atoms with Crippen molar-refractivity contribution in [2.45, 2.75) is 33.2 Å². The molecule has 3 N–H and O–H groups in total. The number of rotatable bonds is 5. The highest BCUT2D eigenvalue weighted by molar-refractivity contribution is 7.87. The molecule has 0 aliphatic carbocycles. The zero-order chi connectivity index (χ0) is 12.3. The largest absolute Gasteiger partial charge is 0.481 e. The molecule has 0 aliphatic rings. The number of nitrogens with one attached hydrogen (secondary N) is 2. The molecule has 1 atom stereocenters. The molecule has 0 fully saturated rings. The smallest absolute Gasteiger partial charge is 0.307 e. The van der Waals surface area contributed by atoms with Crippen molar-refractivity contribution >= 4 is 16.2 Å². The van der Waals surface area contributed by atoms with Crippen molar-refractivity contribution in [2.24, 2.45) is 5.92 Å². The summed E-state index contributed by atoms with van der Waals surface area (Å²) in [6.45, 7) is 6.41. The number of hydrogen-bond donors (Lipinski definition) is 3. The van der Waals surface area contributed by atoms with E-state index in [9.17, 15) is 13.2 Å². The Morgan fingerprint density at radius 1 is 1.40 bits per heavy atom. The van der Waals surface area contributed by atoms with Crippen LogP contribution in [0.25, 0.3) is 0 Å². The van der Waals surface area contributed by atoms with Crippen molar-refractivity contribution < 1.29 is 18.3 Å². The van der Waals surface area contributed by atoms with Crippen molar-refractivity contribution in [3.8, 4) is 0 Å². The third kappa shape index (κ3) is 7.29. The molecule has 0 aliphatic heterocycles. The van der Waals surface area contributed by atoms with Gasteiger partial charge in [-0.15, -0.1) is 0 Å². The molecule has 0 heterocycles. The summed E-state index contributed by atoms with van der Waals surface area (Å²) in [5.41, 5.74) is -0.585. The Hall–Kier alpha value is -0.660. The zero-order valence-corrected chi connectivity index (χ0v) is 10.2. The molecular weight excluding hydrogens is 220 g/mol. The van der Waals surface area contributed by atoms with Crippen molar-refractivity contribution in [3.05, 3.63) is 0 Å². The van der Waals surface area contributed by atoms with E-state index in [0.717, 1.165) is 0 Å². The highest BCUT2D eigenvalue weighted by atomic mass is 32.2. The predicted octanol–water partition coefficient (Wildman–Crippen LogP) is -0.0704. The number of aliphatic carboxylic acids is 1. The molecule has 7 heteroatoms. The zero-order valence-electron chi connectivity index (χ0n) is 9.36. The molecule has 1 unspecified atom stereocenters. The summed E-state index contributed by atoms with van der Waals surface area (Å²) in [4.78, 5) is 10.4. The molecular formula is C8H18N2O4S. The Bertz CT molecular complexity index is 318. The van der Waals surface area contributed by atoms with Crippen LogP contribution in [0.2, 0.25) is 0 Å². The van der Waals surface area contributed by atoms with E-state index in [4.69, 9.17) is 5.11 Å². The Kier molecular flexibility index (Phi) is 4.69. The minimum atomic E-state index is -3.63. The second-order valence-corrected chi connectivity index (χ2v) is 5.94. The van der Waals surface area contributed by atoms with Crippen LogP contribution in [0.1, 0.15) is 27.7 Å². The summed E-state index contributed by atoms with van der Waals surface area (Å²) in [6.07, 6.45) is 0. The van der Waals surface area contributed by atoms with E-state index in [-0.39, 0.29) is 6.54 Å². The third-order valence-electron chi connectivity index (χ3n) is 1.44. The fourth-order valence-corrected chi connectivity index (χ4v) is 2.11. The van der Waals surface area contributed by atoms with E-state index < -0.39 is 27.6 Å². The molecule has 0 saturated carbocycles. The van der Waals surface area contributed by atoms with Gasteiger partial charge in [-0.05, 0) is 20.8 Å². The maximum atomic E-state index is 11.4. The van der Waals surface area contributed by atoms with Crippen LogP contribution in [0, 0.1) is 5.92 Å². The van der Waals surface area contributed by atoms with Crippen molar-refractivity contribution in [3.63, 3.8) is 0 Å². The van der Waals surface area contributed by atoms with Crippen LogP contribution in [0.3, 0.4) is 0 Å². The molecule has 90 valence electrons. The Morgan fingerprint density at radius 3 is 2.20 bits per heavy atom. The van der Waals surface area contributed by atoms with Gasteiger partial charge in [-0.25, -0.2) is 4.72 Å². The molecule has 0 radical (unpaired) electrons. The third-order valence-corrected chi connectivity index (χ3v) is 2.87. The van der Waals surface area contributed by atoms with Gasteiger partial charge < -0.3 is 5.11 Å². The molecule has 0 rings (SSSR count). The van der Waals surface area contributed by atoms with Gasteiger partial charge in [0.1, 0.15) is 0 Å². The first-order valence-electron chi connectivity index (χ1n) is 4.55. The number of carbonyl (C=O) groups is 1. The second kappa shape index (κ2) is 4.91. The van der Waals surface area contributed by atoms with Gasteiger partial charge in [-0.2, -0.15) is 13.1 Å². The van der Waals surface area contributed by atoms with E-state index >= 15 is 0 Å². The van der Waals surface area contributed by atoms with Crippen LogP contribution < -0.4 is 9.44 Å². The number of hydrogen-bond acceptors (Lipinski definition) is 3. The highest BCUT2D eigenvalue weighted by Crippen LogP contribution is 2.01. The van der Waals surface area contributed by atoms with Crippen LogP contribution in [0.15, 0.2) is 0 Å². The minimum Gasteiger partial charge on any atom is -0.481 e. The molecule has 0 aromatic rings. The van der Waals surface area contributed by atoms with Crippen molar-refractivity contribution in [2.75, 3.05) is 6.54 Å². The average molecular weight is 238 g/mol. The van der Waals surface area contributed by atoms with Crippen LogP contribution >= 0.6 is 0 Å². The summed E-state index contributed by atoms with van der Waals surface area (Å²) in [5.74, 6) is -1.78. The van der Waals surface area contributed by atoms with Gasteiger partial charge in [0, 0.05) is 12.1 Å². The predicted molar refractivity (Wildman–Crippen MR) is 56.6 cm³/mol. The monoisotopic (exact) mass is 238 g/mol. The van der Waals surface area contributed by atoms with E-state index in [1.54, 1.807) is 20.8 Å². The molecule has 6 nitrogen and oxygen atoms in total. The van der Waals surface area contributed by atoms with Gasteiger partial charge in [0.2, 0.25) is 0 Å². The molecule has 0 aromatic carbocycles. The van der Waals surface area contributed by atoms with E-state index in [1.165, 1.54) is 6.92 Å². The van der Waals surface area contributed by atoms with Gasteiger partial charge in [0.05, 0.1) is 5.92 Å². The molecule has 0 spiro atoms. The van der Waals surface area contributed by atoms with Gasteiger partial charge in [-0.3, -0.25) is 4.79 Å². The summed E-state index contributed by atoms with van der Waals surface area (Å²) >= 11 is 0. The van der Waals surface area contributed by atoms with Gasteiger partial charge in [-0.1, -0.05) is 6.92 Å². The quantitative estimate of drug-likeness (QED) is 0.624. The number of carboxylic acid groups (broad SMARTS) is 1. The highest BCUT2D eigenvalue weighted by Gasteiger charge is 2.21. The molecule has 0 saturated heterocycles. The lowest BCUT2D eigenvalue weighted by molar-refractivity contribution is -0.140. The maximum absolute atomic E-state index is 11.4. The van der Waals surface area contributed by atoms with Crippen LogP contribution in [0.4, 0.5) is 0 Å². The Labute approximate surface area is 90.2 Å². The summed E-state index contributed by atoms with van der Waals surface area (Å²) in [7, 11) is -3.63. The second-order valence-electron chi connectivity index (χ2n) is 4.44. The van der Waals surface area contributed by atoms with E-state index in [0.29, 0.717) is 0 Å². The van der Waals surface area contributed by atoms with Gasteiger partial charge in [0.25, 0.3) is 10.2 Å². The minimum absolute atomic E-state index is 0.124.